The molecule has 0 fully saturated rings. The zero-order valence-corrected chi connectivity index (χ0v) is 18.5. The summed E-state index contributed by atoms with van der Waals surface area (Å²) in [6.07, 6.45) is 1.03. The minimum Gasteiger partial charge on any atom is -0.492 e. The molecule has 0 amide bonds. The quantitative estimate of drug-likeness (QED) is 0.447. The van der Waals surface area contributed by atoms with Crippen LogP contribution in [0.1, 0.15) is 47.1 Å². The Bertz CT molecular complexity index is 1280. The first kappa shape index (κ1) is 21.8. The molecule has 0 radical (unpaired) electrons. The third kappa shape index (κ3) is 4.15. The van der Waals surface area contributed by atoms with Crippen LogP contribution in [0.15, 0.2) is 54.6 Å². The number of esters is 1. The van der Waals surface area contributed by atoms with Gasteiger partial charge in [0.1, 0.15) is 34.9 Å². The standard InChI is InChI=1S/C27H22FNO5/c1-31-26(30)12-17-15-32-25-13-19(6-7-20(17)25)34-24-10-8-21-23(11-9-22(28)27(21)24)33-18-4-2-16(14-29)3-5-18/h2-7,9,11,13,17,24H,8,10,12,15H2,1H3/t17?,24-/m1/s1. The highest BCUT2D eigenvalue weighted by molar-refractivity contribution is 5.71. The van der Waals surface area contributed by atoms with Gasteiger partial charge in [0.05, 0.1) is 31.8 Å². The van der Waals surface area contributed by atoms with Crippen molar-refractivity contribution in [2.75, 3.05) is 13.7 Å². The van der Waals surface area contributed by atoms with Gasteiger partial charge in [-0.15, -0.1) is 0 Å². The zero-order chi connectivity index (χ0) is 23.7. The number of rotatable bonds is 6. The van der Waals surface area contributed by atoms with Gasteiger partial charge >= 0.3 is 5.97 Å². The van der Waals surface area contributed by atoms with Gasteiger partial charge in [-0.25, -0.2) is 4.39 Å². The van der Waals surface area contributed by atoms with E-state index in [0.29, 0.717) is 53.6 Å². The normalized spacial score (nSPS) is 17.8. The fraction of sp³-hybridized carbons (Fsp3) is 0.259. The molecule has 6 nitrogen and oxygen atoms in total. The van der Waals surface area contributed by atoms with E-state index in [1.165, 1.54) is 13.2 Å². The fourth-order valence-electron chi connectivity index (χ4n) is 4.53. The van der Waals surface area contributed by atoms with E-state index < -0.39 is 6.10 Å². The lowest BCUT2D eigenvalue weighted by molar-refractivity contribution is -0.141. The van der Waals surface area contributed by atoms with Crippen molar-refractivity contribution in [2.45, 2.75) is 31.3 Å². The van der Waals surface area contributed by atoms with Gasteiger partial charge in [0, 0.05) is 28.7 Å². The minimum atomic E-state index is -0.454. The highest BCUT2D eigenvalue weighted by Crippen LogP contribution is 2.44. The van der Waals surface area contributed by atoms with Crippen molar-refractivity contribution in [2.24, 2.45) is 0 Å². The van der Waals surface area contributed by atoms with E-state index in [4.69, 9.17) is 24.2 Å². The van der Waals surface area contributed by atoms with Crippen LogP contribution in [-0.2, 0) is 16.0 Å². The molecular weight excluding hydrogens is 437 g/mol. The van der Waals surface area contributed by atoms with Crippen LogP contribution in [-0.4, -0.2) is 19.7 Å². The predicted molar refractivity (Wildman–Crippen MR) is 121 cm³/mol. The number of methoxy groups -OCH3 is 1. The van der Waals surface area contributed by atoms with Crippen molar-refractivity contribution in [3.63, 3.8) is 0 Å². The highest BCUT2D eigenvalue weighted by atomic mass is 19.1. The summed E-state index contributed by atoms with van der Waals surface area (Å²) < 4.78 is 37.5. The van der Waals surface area contributed by atoms with Gasteiger partial charge in [0.15, 0.2) is 0 Å². The Hall–Kier alpha value is -4.05. The Balaban J connectivity index is 1.35. The van der Waals surface area contributed by atoms with E-state index >= 15 is 0 Å². The molecule has 172 valence electrons. The van der Waals surface area contributed by atoms with E-state index in [1.54, 1.807) is 36.4 Å². The number of nitrogens with zero attached hydrogens (tertiary/aromatic N) is 1. The summed E-state index contributed by atoms with van der Waals surface area (Å²) in [7, 11) is 1.37. The lowest BCUT2D eigenvalue weighted by Crippen LogP contribution is -2.09. The number of carbonyl (C=O) groups is 1. The topological polar surface area (TPSA) is 77.8 Å². The molecule has 0 saturated heterocycles. The fourth-order valence-corrected chi connectivity index (χ4v) is 4.53. The molecule has 0 aromatic heterocycles. The van der Waals surface area contributed by atoms with E-state index in [2.05, 4.69) is 6.07 Å². The highest BCUT2D eigenvalue weighted by Gasteiger charge is 2.32. The second-order valence-electron chi connectivity index (χ2n) is 8.31. The van der Waals surface area contributed by atoms with Crippen molar-refractivity contribution in [1.29, 1.82) is 5.26 Å². The van der Waals surface area contributed by atoms with Crippen LogP contribution in [0.5, 0.6) is 23.0 Å². The Kier molecular flexibility index (Phi) is 5.81. The van der Waals surface area contributed by atoms with Crippen LogP contribution in [0.2, 0.25) is 0 Å². The summed E-state index contributed by atoms with van der Waals surface area (Å²) in [6, 6.07) is 17.4. The molecule has 2 atom stereocenters. The van der Waals surface area contributed by atoms with Gasteiger partial charge in [0.25, 0.3) is 0 Å². The minimum absolute atomic E-state index is 0.0527. The molecule has 0 spiro atoms. The number of ether oxygens (including phenoxy) is 4. The van der Waals surface area contributed by atoms with Gasteiger partial charge in [-0.1, -0.05) is 6.07 Å². The Morgan fingerprint density at radius 3 is 2.71 bits per heavy atom. The maximum atomic E-state index is 14.8. The molecule has 1 heterocycles. The zero-order valence-electron chi connectivity index (χ0n) is 18.5. The molecule has 2 aliphatic rings. The Morgan fingerprint density at radius 1 is 1.15 bits per heavy atom. The number of halogens is 1. The average Bonchev–Trinajstić information content (AvgIpc) is 3.46. The van der Waals surface area contributed by atoms with E-state index in [0.717, 1.165) is 11.1 Å². The molecule has 0 N–H and O–H groups in total. The number of hydrogen-bond donors (Lipinski definition) is 0. The summed E-state index contributed by atoms with van der Waals surface area (Å²) in [5.41, 5.74) is 2.76. The van der Waals surface area contributed by atoms with E-state index in [1.807, 2.05) is 12.1 Å². The molecule has 5 rings (SSSR count). The Labute approximate surface area is 196 Å². The van der Waals surface area contributed by atoms with Gasteiger partial charge in [0.2, 0.25) is 0 Å². The molecule has 0 saturated carbocycles. The first-order chi connectivity index (χ1) is 16.6. The van der Waals surface area contributed by atoms with Crippen molar-refractivity contribution in [3.8, 4) is 29.1 Å². The first-order valence-corrected chi connectivity index (χ1v) is 11.0. The monoisotopic (exact) mass is 459 g/mol. The third-order valence-electron chi connectivity index (χ3n) is 6.23. The summed E-state index contributed by atoms with van der Waals surface area (Å²) in [6.45, 7) is 0.408. The predicted octanol–water partition coefficient (Wildman–Crippen LogP) is 5.60. The van der Waals surface area contributed by atoms with Crippen molar-refractivity contribution >= 4 is 5.97 Å². The van der Waals surface area contributed by atoms with Crippen LogP contribution >= 0.6 is 0 Å². The lowest BCUT2D eigenvalue weighted by Gasteiger charge is -2.17. The summed E-state index contributed by atoms with van der Waals surface area (Å²) >= 11 is 0. The molecule has 34 heavy (non-hydrogen) atoms. The second-order valence-corrected chi connectivity index (χ2v) is 8.31. The maximum Gasteiger partial charge on any atom is 0.306 e. The van der Waals surface area contributed by atoms with Gasteiger partial charge in [-0.3, -0.25) is 4.79 Å². The molecule has 0 bridgehead atoms. The number of nitriles is 1. The van der Waals surface area contributed by atoms with E-state index in [-0.39, 0.29) is 24.1 Å². The van der Waals surface area contributed by atoms with Gasteiger partial charge in [-0.05, 0) is 55.3 Å². The molecule has 7 heteroatoms. The van der Waals surface area contributed by atoms with Gasteiger partial charge in [-0.2, -0.15) is 5.26 Å². The molecule has 3 aromatic carbocycles. The average molecular weight is 459 g/mol. The Morgan fingerprint density at radius 2 is 1.94 bits per heavy atom. The molecule has 3 aromatic rings. The molecule has 1 unspecified atom stereocenters. The smallest absolute Gasteiger partial charge is 0.306 e. The summed E-state index contributed by atoms with van der Waals surface area (Å²) in [5, 5.41) is 8.96. The van der Waals surface area contributed by atoms with Crippen LogP contribution in [0, 0.1) is 17.1 Å². The molecular formula is C27H22FNO5. The summed E-state index contributed by atoms with van der Waals surface area (Å²) in [5.74, 6) is 1.74. The van der Waals surface area contributed by atoms with Gasteiger partial charge < -0.3 is 18.9 Å². The third-order valence-corrected chi connectivity index (χ3v) is 6.23. The SMILES string of the molecule is COC(=O)CC1COc2cc(O[C@@H]3CCc4c(Oc5ccc(C#N)cc5)ccc(F)c43)ccc21. The van der Waals surface area contributed by atoms with Crippen molar-refractivity contribution in [3.05, 3.63) is 82.7 Å². The van der Waals surface area contributed by atoms with Crippen molar-refractivity contribution in [1.82, 2.24) is 0 Å². The van der Waals surface area contributed by atoms with Crippen LogP contribution in [0.4, 0.5) is 4.39 Å². The lowest BCUT2D eigenvalue weighted by atomic mass is 9.98. The largest absolute Gasteiger partial charge is 0.492 e. The second kappa shape index (κ2) is 9.06. The number of fused-ring (bicyclic) bond motifs is 2. The van der Waals surface area contributed by atoms with Crippen LogP contribution < -0.4 is 14.2 Å². The maximum absolute atomic E-state index is 14.8. The molecule has 1 aliphatic carbocycles. The molecule has 1 aliphatic heterocycles. The van der Waals surface area contributed by atoms with Crippen molar-refractivity contribution < 1.29 is 28.1 Å². The van der Waals surface area contributed by atoms with Crippen LogP contribution in [0.3, 0.4) is 0 Å². The number of hydrogen-bond acceptors (Lipinski definition) is 6. The number of benzene rings is 3. The van der Waals surface area contributed by atoms with E-state index in [9.17, 15) is 9.18 Å². The van der Waals surface area contributed by atoms with Crippen LogP contribution in [0.25, 0.3) is 0 Å². The number of carbonyl (C=O) groups excluding carboxylic acids is 1. The first-order valence-electron chi connectivity index (χ1n) is 11.0. The summed E-state index contributed by atoms with van der Waals surface area (Å²) in [4.78, 5) is 11.6.